The van der Waals surface area contributed by atoms with Gasteiger partial charge >= 0.3 is 0 Å². The lowest BCUT2D eigenvalue weighted by Crippen LogP contribution is -1.99. The van der Waals surface area contributed by atoms with E-state index >= 15 is 0 Å². The van der Waals surface area contributed by atoms with Crippen molar-refractivity contribution in [3.05, 3.63) is 33.0 Å². The van der Waals surface area contributed by atoms with Crippen LogP contribution in [-0.2, 0) is 0 Å². The van der Waals surface area contributed by atoms with Gasteiger partial charge in [0.05, 0.1) is 5.02 Å². The van der Waals surface area contributed by atoms with Crippen molar-refractivity contribution in [2.45, 2.75) is 30.6 Å². The Kier molecular flexibility index (Phi) is 3.59. The third-order valence-electron chi connectivity index (χ3n) is 2.87. The van der Waals surface area contributed by atoms with E-state index in [1.165, 1.54) is 0 Å². The average Bonchev–Trinajstić information content (AvgIpc) is 2.61. The van der Waals surface area contributed by atoms with E-state index in [-0.39, 0.29) is 22.1 Å². The minimum absolute atomic E-state index is 0.172. The standard InChI is InChI=1S/C11H10BrCl2F/c12-9-4-3-8(11(15)10(9)14)6-1-2-7(13)5-6/h3-4,6-7H,1-2,5H2. The monoisotopic (exact) mass is 310 g/mol. The molecule has 0 spiro atoms. The Morgan fingerprint density at radius 2 is 2.07 bits per heavy atom. The lowest BCUT2D eigenvalue weighted by molar-refractivity contribution is 0.580. The number of benzene rings is 1. The van der Waals surface area contributed by atoms with Gasteiger partial charge in [-0.25, -0.2) is 4.39 Å². The maximum absolute atomic E-state index is 13.8. The molecule has 0 N–H and O–H groups in total. The van der Waals surface area contributed by atoms with Crippen molar-refractivity contribution >= 4 is 39.1 Å². The van der Waals surface area contributed by atoms with Crippen LogP contribution in [-0.4, -0.2) is 5.38 Å². The zero-order chi connectivity index (χ0) is 11.0. The third kappa shape index (κ3) is 2.32. The molecule has 0 heterocycles. The van der Waals surface area contributed by atoms with E-state index in [0.717, 1.165) is 19.3 Å². The van der Waals surface area contributed by atoms with Gasteiger partial charge in [0, 0.05) is 9.85 Å². The molecule has 0 saturated heterocycles. The minimum atomic E-state index is -0.304. The van der Waals surface area contributed by atoms with Crippen molar-refractivity contribution in [2.75, 3.05) is 0 Å². The van der Waals surface area contributed by atoms with Gasteiger partial charge in [-0.1, -0.05) is 17.7 Å². The van der Waals surface area contributed by atoms with Gasteiger partial charge in [0.2, 0.25) is 0 Å². The van der Waals surface area contributed by atoms with Crippen molar-refractivity contribution in [3.8, 4) is 0 Å². The summed E-state index contributed by atoms with van der Waals surface area (Å²) < 4.78 is 14.4. The van der Waals surface area contributed by atoms with Crippen LogP contribution >= 0.6 is 39.1 Å². The second-order valence-electron chi connectivity index (χ2n) is 3.87. The van der Waals surface area contributed by atoms with E-state index < -0.39 is 0 Å². The van der Waals surface area contributed by atoms with Crippen molar-refractivity contribution in [3.63, 3.8) is 0 Å². The average molecular weight is 312 g/mol. The van der Waals surface area contributed by atoms with Gasteiger partial charge in [-0.05, 0) is 52.7 Å². The first-order valence-corrected chi connectivity index (χ1v) is 6.47. The maximum Gasteiger partial charge on any atom is 0.146 e. The Morgan fingerprint density at radius 3 is 2.67 bits per heavy atom. The van der Waals surface area contributed by atoms with Gasteiger partial charge in [-0.3, -0.25) is 0 Å². The number of alkyl halides is 1. The molecule has 15 heavy (non-hydrogen) atoms. The molecule has 0 aliphatic heterocycles. The van der Waals surface area contributed by atoms with Gasteiger partial charge < -0.3 is 0 Å². The molecule has 4 heteroatoms. The molecular formula is C11H10BrCl2F. The fourth-order valence-corrected chi connectivity index (χ4v) is 2.88. The second-order valence-corrected chi connectivity index (χ2v) is 5.72. The van der Waals surface area contributed by atoms with Crippen LogP contribution in [0.2, 0.25) is 5.02 Å². The first kappa shape index (κ1) is 11.7. The first-order valence-electron chi connectivity index (χ1n) is 4.87. The van der Waals surface area contributed by atoms with E-state index in [1.54, 1.807) is 12.1 Å². The van der Waals surface area contributed by atoms with Crippen molar-refractivity contribution < 1.29 is 4.39 Å². The molecule has 0 nitrogen and oxygen atoms in total. The summed E-state index contributed by atoms with van der Waals surface area (Å²) in [6.45, 7) is 0. The molecule has 0 radical (unpaired) electrons. The summed E-state index contributed by atoms with van der Waals surface area (Å²) >= 11 is 15.1. The second kappa shape index (κ2) is 4.60. The van der Waals surface area contributed by atoms with Gasteiger partial charge in [0.25, 0.3) is 0 Å². The number of hydrogen-bond donors (Lipinski definition) is 0. The van der Waals surface area contributed by atoms with E-state index in [9.17, 15) is 4.39 Å². The smallest absolute Gasteiger partial charge is 0.146 e. The highest BCUT2D eigenvalue weighted by molar-refractivity contribution is 9.10. The topological polar surface area (TPSA) is 0 Å². The van der Waals surface area contributed by atoms with Crippen LogP contribution in [0.25, 0.3) is 0 Å². The summed E-state index contributed by atoms with van der Waals surface area (Å²) in [5.74, 6) is -0.0834. The maximum atomic E-state index is 13.8. The highest BCUT2D eigenvalue weighted by Crippen LogP contribution is 2.40. The summed E-state index contributed by atoms with van der Waals surface area (Å²) in [7, 11) is 0. The van der Waals surface area contributed by atoms with Crippen molar-refractivity contribution in [2.24, 2.45) is 0 Å². The zero-order valence-corrected chi connectivity index (χ0v) is 11.0. The molecule has 2 unspecified atom stereocenters. The molecule has 1 aromatic rings. The highest BCUT2D eigenvalue weighted by atomic mass is 79.9. The lowest BCUT2D eigenvalue weighted by atomic mass is 9.97. The summed E-state index contributed by atoms with van der Waals surface area (Å²) in [5.41, 5.74) is 0.700. The highest BCUT2D eigenvalue weighted by Gasteiger charge is 2.27. The van der Waals surface area contributed by atoms with Crippen LogP contribution in [0.3, 0.4) is 0 Å². The Bertz CT molecular complexity index is 381. The molecule has 0 amide bonds. The molecular weight excluding hydrogens is 302 g/mol. The van der Waals surface area contributed by atoms with Crippen LogP contribution in [0.5, 0.6) is 0 Å². The Labute approximate surface area is 107 Å². The van der Waals surface area contributed by atoms with Crippen LogP contribution in [0.15, 0.2) is 16.6 Å². The molecule has 2 rings (SSSR count). The van der Waals surface area contributed by atoms with Gasteiger partial charge in [0.15, 0.2) is 0 Å². The van der Waals surface area contributed by atoms with Gasteiger partial charge in [-0.2, -0.15) is 0 Å². The summed E-state index contributed by atoms with van der Waals surface area (Å²) in [6.07, 6.45) is 2.75. The quantitative estimate of drug-likeness (QED) is 0.499. The van der Waals surface area contributed by atoms with E-state index in [2.05, 4.69) is 15.9 Å². The molecule has 1 aliphatic carbocycles. The van der Waals surface area contributed by atoms with Crippen LogP contribution in [0, 0.1) is 5.82 Å². The van der Waals surface area contributed by atoms with E-state index in [1.807, 2.05) is 0 Å². The van der Waals surface area contributed by atoms with Crippen LogP contribution < -0.4 is 0 Å². The number of rotatable bonds is 1. The molecule has 0 bridgehead atoms. The third-order valence-corrected chi connectivity index (χ3v) is 4.53. The van der Waals surface area contributed by atoms with Crippen LogP contribution in [0.4, 0.5) is 4.39 Å². The predicted molar refractivity (Wildman–Crippen MR) is 65.3 cm³/mol. The van der Waals surface area contributed by atoms with E-state index in [0.29, 0.717) is 10.0 Å². The molecule has 1 aliphatic rings. The van der Waals surface area contributed by atoms with Gasteiger partial charge in [0.1, 0.15) is 5.82 Å². The Morgan fingerprint density at radius 1 is 1.33 bits per heavy atom. The summed E-state index contributed by atoms with van der Waals surface area (Å²) in [6, 6.07) is 3.59. The number of halogens is 4. The van der Waals surface area contributed by atoms with Crippen LogP contribution in [0.1, 0.15) is 30.7 Å². The summed E-state index contributed by atoms with van der Waals surface area (Å²) in [5, 5.41) is 0.349. The Hall–Kier alpha value is 0.210. The normalized spacial score (nSPS) is 25.9. The molecule has 0 aromatic heterocycles. The largest absolute Gasteiger partial charge is 0.205 e. The Balaban J connectivity index is 2.33. The fourth-order valence-electron chi connectivity index (χ4n) is 2.07. The molecule has 82 valence electrons. The molecule has 1 fully saturated rings. The lowest BCUT2D eigenvalue weighted by Gasteiger charge is -2.12. The molecule has 2 atom stereocenters. The number of hydrogen-bond acceptors (Lipinski definition) is 0. The van der Waals surface area contributed by atoms with E-state index in [4.69, 9.17) is 23.2 Å². The first-order chi connectivity index (χ1) is 7.09. The molecule has 1 saturated carbocycles. The molecule has 1 aromatic carbocycles. The van der Waals surface area contributed by atoms with Crippen molar-refractivity contribution in [1.82, 2.24) is 0 Å². The zero-order valence-electron chi connectivity index (χ0n) is 7.94. The minimum Gasteiger partial charge on any atom is -0.205 e. The SMILES string of the molecule is Fc1c(C2CCC(Cl)C2)ccc(Br)c1Cl. The van der Waals surface area contributed by atoms with Crippen molar-refractivity contribution in [1.29, 1.82) is 0 Å². The van der Waals surface area contributed by atoms with Gasteiger partial charge in [-0.15, -0.1) is 11.6 Å². The predicted octanol–water partition coefficient (Wildman–Crippen LogP) is 5.12. The fraction of sp³-hybridized carbons (Fsp3) is 0.455. The summed E-state index contributed by atoms with van der Waals surface area (Å²) in [4.78, 5) is 0.